The van der Waals surface area contributed by atoms with Crippen molar-refractivity contribution in [2.75, 3.05) is 5.32 Å². The standard InChI is InChI=1S/C14H15F2NO/c15-14(16)8-13(9-14)6-10(7-13)12(18)17-11-4-2-1-3-5-11/h1-5,10H,6-9H2,(H,17,18). The Morgan fingerprint density at radius 3 is 2.33 bits per heavy atom. The molecule has 0 aliphatic heterocycles. The van der Waals surface area contributed by atoms with Crippen LogP contribution in [0.25, 0.3) is 0 Å². The molecular formula is C14H15F2NO. The molecule has 2 saturated carbocycles. The predicted molar refractivity (Wildman–Crippen MR) is 64.4 cm³/mol. The SMILES string of the molecule is O=C(Nc1ccccc1)C1CC2(C1)CC(F)(F)C2. The van der Waals surface area contributed by atoms with Gasteiger partial charge in [-0.1, -0.05) is 18.2 Å². The maximum absolute atomic E-state index is 12.8. The lowest BCUT2D eigenvalue weighted by Gasteiger charge is -2.56. The van der Waals surface area contributed by atoms with E-state index in [1.165, 1.54) is 0 Å². The minimum Gasteiger partial charge on any atom is -0.326 e. The van der Waals surface area contributed by atoms with E-state index in [0.29, 0.717) is 12.8 Å². The van der Waals surface area contributed by atoms with Gasteiger partial charge in [-0.3, -0.25) is 4.79 Å². The van der Waals surface area contributed by atoms with E-state index in [-0.39, 0.29) is 30.1 Å². The van der Waals surface area contributed by atoms with Crippen LogP contribution in [0.4, 0.5) is 14.5 Å². The van der Waals surface area contributed by atoms with E-state index in [1.54, 1.807) is 0 Å². The summed E-state index contributed by atoms with van der Waals surface area (Å²) < 4.78 is 25.7. The first-order valence-corrected chi connectivity index (χ1v) is 6.22. The van der Waals surface area contributed by atoms with Crippen LogP contribution in [0.1, 0.15) is 25.7 Å². The molecule has 0 bridgehead atoms. The summed E-state index contributed by atoms with van der Waals surface area (Å²) in [6, 6.07) is 9.23. The van der Waals surface area contributed by atoms with Crippen molar-refractivity contribution in [2.24, 2.45) is 11.3 Å². The molecule has 1 N–H and O–H groups in total. The molecule has 96 valence electrons. The van der Waals surface area contributed by atoms with Gasteiger partial charge in [0.05, 0.1) is 0 Å². The number of amides is 1. The molecule has 0 atom stereocenters. The van der Waals surface area contributed by atoms with Gasteiger partial charge in [0.15, 0.2) is 0 Å². The van der Waals surface area contributed by atoms with E-state index in [2.05, 4.69) is 5.32 Å². The molecule has 1 aromatic rings. The van der Waals surface area contributed by atoms with E-state index in [9.17, 15) is 13.6 Å². The molecule has 1 amide bonds. The molecule has 0 saturated heterocycles. The van der Waals surface area contributed by atoms with Gasteiger partial charge in [-0.05, 0) is 30.4 Å². The highest BCUT2D eigenvalue weighted by Gasteiger charge is 2.62. The number of carbonyl (C=O) groups is 1. The maximum Gasteiger partial charge on any atom is 0.249 e. The molecule has 0 aromatic heterocycles. The van der Waals surface area contributed by atoms with Crippen LogP contribution in [0.3, 0.4) is 0 Å². The Balaban J connectivity index is 1.52. The summed E-state index contributed by atoms with van der Waals surface area (Å²) in [5.74, 6) is -2.62. The lowest BCUT2D eigenvalue weighted by Crippen LogP contribution is -2.55. The average molecular weight is 251 g/mol. The van der Waals surface area contributed by atoms with Gasteiger partial charge < -0.3 is 5.32 Å². The highest BCUT2D eigenvalue weighted by molar-refractivity contribution is 5.93. The highest BCUT2D eigenvalue weighted by atomic mass is 19.3. The first-order chi connectivity index (χ1) is 8.48. The van der Waals surface area contributed by atoms with Crippen molar-refractivity contribution in [1.29, 1.82) is 0 Å². The van der Waals surface area contributed by atoms with Crippen LogP contribution in [-0.4, -0.2) is 11.8 Å². The molecule has 2 fully saturated rings. The van der Waals surface area contributed by atoms with Gasteiger partial charge in [0, 0.05) is 24.4 Å². The number of nitrogens with one attached hydrogen (secondary N) is 1. The second-order valence-electron chi connectivity index (χ2n) is 5.67. The Labute approximate surface area is 104 Å². The van der Waals surface area contributed by atoms with Gasteiger partial charge >= 0.3 is 0 Å². The number of halogens is 2. The van der Waals surface area contributed by atoms with Gasteiger partial charge in [-0.2, -0.15) is 0 Å². The number of para-hydroxylation sites is 1. The van der Waals surface area contributed by atoms with Crippen LogP contribution in [-0.2, 0) is 4.79 Å². The Bertz CT molecular complexity index is 456. The topological polar surface area (TPSA) is 29.1 Å². The third-order valence-electron chi connectivity index (χ3n) is 4.04. The molecule has 0 radical (unpaired) electrons. The molecule has 0 heterocycles. The van der Waals surface area contributed by atoms with Gasteiger partial charge in [0.2, 0.25) is 11.8 Å². The molecule has 3 rings (SSSR count). The van der Waals surface area contributed by atoms with Crippen LogP contribution in [0.15, 0.2) is 30.3 Å². The summed E-state index contributed by atoms with van der Waals surface area (Å²) in [5, 5.41) is 2.82. The fourth-order valence-electron chi connectivity index (χ4n) is 3.27. The number of hydrogen-bond donors (Lipinski definition) is 1. The molecule has 4 heteroatoms. The monoisotopic (exact) mass is 251 g/mol. The van der Waals surface area contributed by atoms with Crippen LogP contribution in [0, 0.1) is 11.3 Å². The van der Waals surface area contributed by atoms with Crippen LogP contribution >= 0.6 is 0 Å². The Morgan fingerprint density at radius 2 is 1.78 bits per heavy atom. The molecule has 2 nitrogen and oxygen atoms in total. The van der Waals surface area contributed by atoms with Gasteiger partial charge in [-0.25, -0.2) is 8.78 Å². The molecule has 2 aliphatic rings. The van der Waals surface area contributed by atoms with Crippen molar-refractivity contribution < 1.29 is 13.6 Å². The number of alkyl halides is 2. The zero-order valence-electron chi connectivity index (χ0n) is 9.96. The second kappa shape index (κ2) is 3.77. The predicted octanol–water partition coefficient (Wildman–Crippen LogP) is 3.45. The normalized spacial score (nSPS) is 24.1. The Hall–Kier alpha value is -1.45. The summed E-state index contributed by atoms with van der Waals surface area (Å²) in [6.45, 7) is 0. The summed E-state index contributed by atoms with van der Waals surface area (Å²) in [6.07, 6.45) is 1.16. The van der Waals surface area contributed by atoms with Crippen LogP contribution in [0.2, 0.25) is 0 Å². The summed E-state index contributed by atoms with van der Waals surface area (Å²) in [5.41, 5.74) is 0.532. The third kappa shape index (κ3) is 2.00. The smallest absolute Gasteiger partial charge is 0.249 e. The largest absolute Gasteiger partial charge is 0.326 e. The minimum atomic E-state index is -2.49. The van der Waals surface area contributed by atoms with Gasteiger partial charge in [0.25, 0.3) is 0 Å². The van der Waals surface area contributed by atoms with E-state index in [1.807, 2.05) is 30.3 Å². The van der Waals surface area contributed by atoms with Gasteiger partial charge in [-0.15, -0.1) is 0 Å². The fourth-order valence-corrected chi connectivity index (χ4v) is 3.27. The van der Waals surface area contributed by atoms with Crippen LogP contribution in [0.5, 0.6) is 0 Å². The van der Waals surface area contributed by atoms with E-state index in [4.69, 9.17) is 0 Å². The average Bonchev–Trinajstić information content (AvgIpc) is 2.23. The summed E-state index contributed by atoms with van der Waals surface area (Å²) in [4.78, 5) is 11.9. The van der Waals surface area contributed by atoms with Crippen molar-refractivity contribution in [2.45, 2.75) is 31.6 Å². The highest BCUT2D eigenvalue weighted by Crippen LogP contribution is 2.64. The van der Waals surface area contributed by atoms with Crippen molar-refractivity contribution in [3.05, 3.63) is 30.3 Å². The molecular weight excluding hydrogens is 236 g/mol. The molecule has 1 spiro atoms. The summed E-state index contributed by atoms with van der Waals surface area (Å²) >= 11 is 0. The Kier molecular flexibility index (Phi) is 2.44. The number of hydrogen-bond acceptors (Lipinski definition) is 1. The lowest BCUT2D eigenvalue weighted by atomic mass is 9.50. The van der Waals surface area contributed by atoms with E-state index < -0.39 is 5.92 Å². The number of benzene rings is 1. The van der Waals surface area contributed by atoms with E-state index in [0.717, 1.165) is 5.69 Å². The zero-order valence-corrected chi connectivity index (χ0v) is 9.96. The second-order valence-corrected chi connectivity index (χ2v) is 5.67. The molecule has 0 unspecified atom stereocenters. The third-order valence-corrected chi connectivity index (χ3v) is 4.04. The van der Waals surface area contributed by atoms with Crippen molar-refractivity contribution in [3.63, 3.8) is 0 Å². The first kappa shape index (κ1) is 11.6. The zero-order chi connectivity index (χ0) is 12.8. The van der Waals surface area contributed by atoms with Crippen LogP contribution < -0.4 is 5.32 Å². The quantitative estimate of drug-likeness (QED) is 0.857. The fraction of sp³-hybridized carbons (Fsp3) is 0.500. The van der Waals surface area contributed by atoms with Gasteiger partial charge in [0.1, 0.15) is 0 Å². The summed E-state index contributed by atoms with van der Waals surface area (Å²) in [7, 11) is 0. The first-order valence-electron chi connectivity index (χ1n) is 6.22. The van der Waals surface area contributed by atoms with Crippen molar-refractivity contribution in [1.82, 2.24) is 0 Å². The van der Waals surface area contributed by atoms with Crippen molar-refractivity contribution >= 4 is 11.6 Å². The minimum absolute atomic E-state index is 0.0326. The molecule has 2 aliphatic carbocycles. The number of rotatable bonds is 2. The van der Waals surface area contributed by atoms with E-state index >= 15 is 0 Å². The molecule has 1 aromatic carbocycles. The van der Waals surface area contributed by atoms with Crippen molar-refractivity contribution in [3.8, 4) is 0 Å². The number of carbonyl (C=O) groups excluding carboxylic acids is 1. The Morgan fingerprint density at radius 1 is 1.17 bits per heavy atom. The number of anilines is 1. The lowest BCUT2D eigenvalue weighted by molar-refractivity contribution is -0.206. The maximum atomic E-state index is 12.8. The molecule has 18 heavy (non-hydrogen) atoms.